The number of carbonyl (C=O) groups excluding carboxylic acids is 3. The Hall–Kier alpha value is -2.70. The zero-order valence-corrected chi connectivity index (χ0v) is 16.4. The van der Waals surface area contributed by atoms with Crippen molar-refractivity contribution in [2.75, 3.05) is 13.1 Å². The van der Waals surface area contributed by atoms with E-state index in [1.165, 1.54) is 0 Å². The summed E-state index contributed by atoms with van der Waals surface area (Å²) in [5, 5.41) is 4.03. The third kappa shape index (κ3) is 5.18. The van der Waals surface area contributed by atoms with Crippen molar-refractivity contribution < 1.29 is 14.4 Å². The number of nitrogens with zero attached hydrogens (tertiary/aromatic N) is 3. The highest BCUT2D eigenvalue weighted by atomic mass is 16.2. The fourth-order valence-corrected chi connectivity index (χ4v) is 3.70. The van der Waals surface area contributed by atoms with Gasteiger partial charge in [-0.25, -0.2) is 5.43 Å². The van der Waals surface area contributed by atoms with Crippen LogP contribution >= 0.6 is 0 Å². The van der Waals surface area contributed by atoms with E-state index >= 15 is 0 Å². The number of hydrogen-bond donors (Lipinski definition) is 1. The predicted octanol–water partition coefficient (Wildman–Crippen LogP) is 2.07. The summed E-state index contributed by atoms with van der Waals surface area (Å²) in [4.78, 5) is 40.4. The summed E-state index contributed by atoms with van der Waals surface area (Å²) in [5.74, 6) is 0.0724. The van der Waals surface area contributed by atoms with Crippen LogP contribution in [0.1, 0.15) is 51.0 Å². The van der Waals surface area contributed by atoms with Crippen LogP contribution in [0.2, 0.25) is 0 Å². The maximum atomic E-state index is 12.7. The quantitative estimate of drug-likeness (QED) is 0.815. The Morgan fingerprint density at radius 3 is 2.64 bits per heavy atom. The van der Waals surface area contributed by atoms with Gasteiger partial charge in [0.15, 0.2) is 0 Å². The molecule has 2 heterocycles. The van der Waals surface area contributed by atoms with Gasteiger partial charge in [-0.05, 0) is 24.8 Å². The zero-order chi connectivity index (χ0) is 19.9. The molecule has 28 heavy (non-hydrogen) atoms. The lowest BCUT2D eigenvalue weighted by atomic mass is 10.1. The summed E-state index contributed by atoms with van der Waals surface area (Å²) in [6.45, 7) is 3.67. The first kappa shape index (κ1) is 20.0. The molecule has 1 aromatic carbocycles. The third-order valence-electron chi connectivity index (χ3n) is 5.41. The highest BCUT2D eigenvalue weighted by Crippen LogP contribution is 2.19. The van der Waals surface area contributed by atoms with Gasteiger partial charge in [-0.1, -0.05) is 37.3 Å². The Kier molecular flexibility index (Phi) is 6.79. The summed E-state index contributed by atoms with van der Waals surface area (Å²) in [6, 6.07) is 9.99. The number of hydrazone groups is 1. The summed E-state index contributed by atoms with van der Waals surface area (Å²) < 4.78 is 0. The molecule has 2 aliphatic heterocycles. The van der Waals surface area contributed by atoms with Crippen molar-refractivity contribution in [2.45, 2.75) is 58.0 Å². The van der Waals surface area contributed by atoms with E-state index < -0.39 is 0 Å². The minimum atomic E-state index is -0.0783. The molecule has 0 unspecified atom stereocenters. The Balaban J connectivity index is 1.60. The second-order valence-electron chi connectivity index (χ2n) is 7.37. The molecule has 0 aromatic heterocycles. The van der Waals surface area contributed by atoms with Crippen LogP contribution in [-0.2, 0) is 20.9 Å². The lowest BCUT2D eigenvalue weighted by Gasteiger charge is -2.31. The van der Waals surface area contributed by atoms with Gasteiger partial charge < -0.3 is 9.80 Å². The second kappa shape index (κ2) is 9.48. The highest BCUT2D eigenvalue weighted by molar-refractivity contribution is 5.94. The topological polar surface area (TPSA) is 82.1 Å². The number of carbonyl (C=O) groups is 3. The molecule has 1 atom stereocenters. The fraction of sp³-hybridized carbons (Fsp3) is 0.524. The SMILES string of the molecule is CC[C@H]1CN(C(=O)CCC2=NNC(=O)CC2)CCC(=O)N1Cc1ccccc1. The second-order valence-corrected chi connectivity index (χ2v) is 7.37. The van der Waals surface area contributed by atoms with E-state index in [1.807, 2.05) is 40.1 Å². The minimum Gasteiger partial charge on any atom is -0.340 e. The zero-order valence-electron chi connectivity index (χ0n) is 16.4. The van der Waals surface area contributed by atoms with E-state index in [0.717, 1.165) is 17.7 Å². The van der Waals surface area contributed by atoms with Crippen molar-refractivity contribution in [3.63, 3.8) is 0 Å². The Labute approximate surface area is 165 Å². The van der Waals surface area contributed by atoms with Gasteiger partial charge in [-0.3, -0.25) is 14.4 Å². The average Bonchev–Trinajstić information content (AvgIpc) is 2.87. The number of rotatable bonds is 6. The molecule has 1 N–H and O–H groups in total. The van der Waals surface area contributed by atoms with Gasteiger partial charge in [0, 0.05) is 50.7 Å². The summed E-state index contributed by atoms with van der Waals surface area (Å²) in [6.07, 6.45) is 3.11. The summed E-state index contributed by atoms with van der Waals surface area (Å²) in [7, 11) is 0. The first-order valence-electron chi connectivity index (χ1n) is 10.0. The Bertz CT molecular complexity index is 747. The normalized spacial score (nSPS) is 20.5. The lowest BCUT2D eigenvalue weighted by Crippen LogP contribution is -2.43. The van der Waals surface area contributed by atoms with E-state index in [-0.39, 0.29) is 23.8 Å². The molecular weight excluding hydrogens is 356 g/mol. The van der Waals surface area contributed by atoms with Gasteiger partial charge in [0.2, 0.25) is 17.7 Å². The number of amides is 3. The molecule has 0 aliphatic carbocycles. The number of benzene rings is 1. The smallest absolute Gasteiger partial charge is 0.240 e. The van der Waals surface area contributed by atoms with Gasteiger partial charge in [0.05, 0.1) is 0 Å². The van der Waals surface area contributed by atoms with Crippen LogP contribution < -0.4 is 5.43 Å². The van der Waals surface area contributed by atoms with Crippen LogP contribution in [0.4, 0.5) is 0 Å². The molecular formula is C21H28N4O3. The lowest BCUT2D eigenvalue weighted by molar-refractivity contribution is -0.133. The molecule has 0 radical (unpaired) electrons. The van der Waals surface area contributed by atoms with Crippen molar-refractivity contribution in [1.29, 1.82) is 0 Å². The number of nitrogens with one attached hydrogen (secondary N) is 1. The highest BCUT2D eigenvalue weighted by Gasteiger charge is 2.30. The molecule has 150 valence electrons. The molecule has 3 rings (SSSR count). The average molecular weight is 384 g/mol. The molecule has 1 saturated heterocycles. The third-order valence-corrected chi connectivity index (χ3v) is 5.41. The van der Waals surface area contributed by atoms with Crippen molar-refractivity contribution >= 4 is 23.4 Å². The van der Waals surface area contributed by atoms with Crippen molar-refractivity contribution in [3.05, 3.63) is 35.9 Å². The first-order valence-corrected chi connectivity index (χ1v) is 10.0. The van der Waals surface area contributed by atoms with Gasteiger partial charge in [-0.15, -0.1) is 0 Å². The van der Waals surface area contributed by atoms with E-state index in [1.54, 1.807) is 0 Å². The maximum Gasteiger partial charge on any atom is 0.240 e. The monoisotopic (exact) mass is 384 g/mol. The molecule has 7 nitrogen and oxygen atoms in total. The van der Waals surface area contributed by atoms with Gasteiger partial charge >= 0.3 is 0 Å². The van der Waals surface area contributed by atoms with Crippen molar-refractivity contribution in [2.24, 2.45) is 5.10 Å². The Morgan fingerprint density at radius 2 is 1.96 bits per heavy atom. The largest absolute Gasteiger partial charge is 0.340 e. The van der Waals surface area contributed by atoms with Crippen LogP contribution in [-0.4, -0.2) is 52.4 Å². The fourth-order valence-electron chi connectivity index (χ4n) is 3.70. The first-order chi connectivity index (χ1) is 13.6. The predicted molar refractivity (Wildman–Crippen MR) is 106 cm³/mol. The molecule has 3 amide bonds. The van der Waals surface area contributed by atoms with E-state index in [9.17, 15) is 14.4 Å². The van der Waals surface area contributed by atoms with Crippen LogP contribution in [0.15, 0.2) is 35.4 Å². The maximum absolute atomic E-state index is 12.7. The molecule has 0 spiro atoms. The van der Waals surface area contributed by atoms with Gasteiger partial charge in [0.1, 0.15) is 0 Å². The molecule has 1 fully saturated rings. The van der Waals surface area contributed by atoms with Crippen molar-refractivity contribution in [1.82, 2.24) is 15.2 Å². The van der Waals surface area contributed by atoms with Crippen LogP contribution in [0.5, 0.6) is 0 Å². The molecule has 2 aliphatic rings. The van der Waals surface area contributed by atoms with Gasteiger partial charge in [-0.2, -0.15) is 5.10 Å². The summed E-state index contributed by atoms with van der Waals surface area (Å²) in [5.41, 5.74) is 4.43. The minimum absolute atomic E-state index is 0.0189. The molecule has 7 heteroatoms. The standard InChI is InChI=1S/C21H28N4O3/c1-2-18-15-24(20(27)11-9-17-8-10-19(26)23-22-17)13-12-21(28)25(18)14-16-6-4-3-5-7-16/h3-7,18H,2,8-15H2,1H3,(H,23,26)/t18-/m0/s1. The molecule has 0 saturated carbocycles. The summed E-state index contributed by atoms with van der Waals surface area (Å²) >= 11 is 0. The van der Waals surface area contributed by atoms with Crippen LogP contribution in [0.25, 0.3) is 0 Å². The Morgan fingerprint density at radius 1 is 1.18 bits per heavy atom. The van der Waals surface area contributed by atoms with Crippen LogP contribution in [0, 0.1) is 0 Å². The van der Waals surface area contributed by atoms with E-state index in [0.29, 0.717) is 51.7 Å². The molecule has 1 aromatic rings. The van der Waals surface area contributed by atoms with E-state index in [2.05, 4.69) is 17.5 Å². The van der Waals surface area contributed by atoms with Gasteiger partial charge in [0.25, 0.3) is 0 Å². The van der Waals surface area contributed by atoms with E-state index in [4.69, 9.17) is 0 Å². The molecule has 0 bridgehead atoms. The number of hydrogen-bond acceptors (Lipinski definition) is 4. The van der Waals surface area contributed by atoms with Crippen molar-refractivity contribution in [3.8, 4) is 0 Å². The van der Waals surface area contributed by atoms with Crippen LogP contribution in [0.3, 0.4) is 0 Å².